The highest BCUT2D eigenvalue weighted by Gasteiger charge is 2.00. The van der Waals surface area contributed by atoms with Crippen molar-refractivity contribution in [1.82, 2.24) is 0 Å². The van der Waals surface area contributed by atoms with Gasteiger partial charge in [-0.25, -0.2) is 0 Å². The standard InChI is InChI=1S/C29H30O2/c1-2-24-13-15-25(16-14-24)10-6-3-4-9-23-31-28-20-17-26(18-21-28)19-22-29(30)27-11-7-5-8-12-27/h2,5,7-8,11-22H,1,3-4,6,9-10,23H2. The number of unbranched alkanes of at least 4 members (excludes halogenated alkanes) is 3. The minimum atomic E-state index is 0.00899. The smallest absolute Gasteiger partial charge is 0.185 e. The number of aryl methyl sites for hydroxylation is 1. The molecule has 0 atom stereocenters. The van der Waals surface area contributed by atoms with Crippen molar-refractivity contribution < 1.29 is 9.53 Å². The molecule has 2 nitrogen and oxygen atoms in total. The van der Waals surface area contributed by atoms with Gasteiger partial charge in [0.05, 0.1) is 6.61 Å². The molecule has 3 aromatic carbocycles. The van der Waals surface area contributed by atoms with Crippen LogP contribution in [0.25, 0.3) is 12.2 Å². The minimum Gasteiger partial charge on any atom is -0.494 e. The van der Waals surface area contributed by atoms with E-state index >= 15 is 0 Å². The summed E-state index contributed by atoms with van der Waals surface area (Å²) in [6, 6.07) is 25.8. The van der Waals surface area contributed by atoms with E-state index in [9.17, 15) is 4.79 Å². The van der Waals surface area contributed by atoms with Gasteiger partial charge in [-0.3, -0.25) is 4.79 Å². The fraction of sp³-hybridized carbons (Fsp3) is 0.207. The molecule has 3 aromatic rings. The van der Waals surface area contributed by atoms with Crippen molar-refractivity contribution in [3.8, 4) is 5.75 Å². The lowest BCUT2D eigenvalue weighted by molar-refractivity contribution is 0.104. The lowest BCUT2D eigenvalue weighted by Gasteiger charge is -2.07. The fourth-order valence-electron chi connectivity index (χ4n) is 3.34. The van der Waals surface area contributed by atoms with Crippen LogP contribution in [0, 0.1) is 0 Å². The predicted molar refractivity (Wildman–Crippen MR) is 130 cm³/mol. The SMILES string of the molecule is C=Cc1ccc(CCCCCCOc2ccc(C=CC(=O)c3ccccc3)cc2)cc1. The summed E-state index contributed by atoms with van der Waals surface area (Å²) in [5.41, 5.74) is 4.24. The van der Waals surface area contributed by atoms with Gasteiger partial charge in [0.2, 0.25) is 0 Å². The second-order valence-corrected chi connectivity index (χ2v) is 7.59. The van der Waals surface area contributed by atoms with Crippen molar-refractivity contribution in [2.24, 2.45) is 0 Å². The first-order valence-electron chi connectivity index (χ1n) is 11.0. The first kappa shape index (κ1) is 22.3. The van der Waals surface area contributed by atoms with Crippen LogP contribution in [0.15, 0.2) is 91.5 Å². The zero-order valence-electron chi connectivity index (χ0n) is 18.0. The van der Waals surface area contributed by atoms with Gasteiger partial charge in [0, 0.05) is 5.56 Å². The van der Waals surface area contributed by atoms with Gasteiger partial charge >= 0.3 is 0 Å². The Kier molecular flexibility index (Phi) is 8.88. The molecule has 158 valence electrons. The van der Waals surface area contributed by atoms with Gasteiger partial charge < -0.3 is 4.74 Å². The summed E-state index contributed by atoms with van der Waals surface area (Å²) in [5, 5.41) is 0. The van der Waals surface area contributed by atoms with E-state index in [1.165, 1.54) is 30.4 Å². The molecular formula is C29H30O2. The Morgan fingerprint density at radius 3 is 2.16 bits per heavy atom. The van der Waals surface area contributed by atoms with Gasteiger partial charge in [-0.15, -0.1) is 0 Å². The molecule has 0 saturated heterocycles. The van der Waals surface area contributed by atoms with Crippen molar-refractivity contribution in [3.63, 3.8) is 0 Å². The highest BCUT2D eigenvalue weighted by Crippen LogP contribution is 2.15. The zero-order chi connectivity index (χ0) is 21.7. The normalized spacial score (nSPS) is 10.8. The molecule has 0 aliphatic carbocycles. The molecule has 0 aliphatic heterocycles. The van der Waals surface area contributed by atoms with Gasteiger partial charge in [-0.1, -0.05) is 98.3 Å². The molecule has 0 aliphatic rings. The van der Waals surface area contributed by atoms with Crippen molar-refractivity contribution in [2.45, 2.75) is 32.1 Å². The van der Waals surface area contributed by atoms with Crippen LogP contribution in [0.2, 0.25) is 0 Å². The molecule has 0 saturated carbocycles. The average molecular weight is 411 g/mol. The number of hydrogen-bond donors (Lipinski definition) is 0. The predicted octanol–water partition coefficient (Wildman–Crippen LogP) is 7.41. The summed E-state index contributed by atoms with van der Waals surface area (Å²) in [6.07, 6.45) is 11.1. The van der Waals surface area contributed by atoms with E-state index in [1.807, 2.05) is 66.7 Å². The van der Waals surface area contributed by atoms with Crippen LogP contribution < -0.4 is 4.74 Å². The summed E-state index contributed by atoms with van der Waals surface area (Å²) < 4.78 is 5.85. The largest absolute Gasteiger partial charge is 0.494 e. The number of benzene rings is 3. The van der Waals surface area contributed by atoms with Crippen LogP contribution in [0.5, 0.6) is 5.75 Å². The Bertz CT molecular complexity index is 968. The molecule has 0 spiro atoms. The van der Waals surface area contributed by atoms with Crippen molar-refractivity contribution >= 4 is 17.9 Å². The molecular weight excluding hydrogens is 380 g/mol. The van der Waals surface area contributed by atoms with Crippen LogP contribution >= 0.6 is 0 Å². The minimum absolute atomic E-state index is 0.00899. The summed E-state index contributed by atoms with van der Waals surface area (Å²) in [5.74, 6) is 0.878. The summed E-state index contributed by atoms with van der Waals surface area (Å²) in [4.78, 5) is 12.1. The first-order chi connectivity index (χ1) is 15.2. The Hall–Kier alpha value is -3.39. The summed E-state index contributed by atoms with van der Waals surface area (Å²) >= 11 is 0. The molecule has 0 unspecified atom stereocenters. The Morgan fingerprint density at radius 1 is 0.774 bits per heavy atom. The van der Waals surface area contributed by atoms with Gasteiger partial charge in [0.15, 0.2) is 5.78 Å². The van der Waals surface area contributed by atoms with Crippen molar-refractivity contribution in [2.75, 3.05) is 6.61 Å². The van der Waals surface area contributed by atoms with Gasteiger partial charge in [0.25, 0.3) is 0 Å². The van der Waals surface area contributed by atoms with Gasteiger partial charge in [-0.05, 0) is 54.2 Å². The van der Waals surface area contributed by atoms with E-state index in [4.69, 9.17) is 4.74 Å². The maximum atomic E-state index is 12.1. The third-order valence-electron chi connectivity index (χ3n) is 5.21. The maximum Gasteiger partial charge on any atom is 0.185 e. The summed E-state index contributed by atoms with van der Waals surface area (Å²) in [7, 11) is 0. The van der Waals surface area contributed by atoms with Crippen LogP contribution in [-0.4, -0.2) is 12.4 Å². The highest BCUT2D eigenvalue weighted by atomic mass is 16.5. The van der Waals surface area contributed by atoms with Crippen molar-refractivity contribution in [1.29, 1.82) is 0 Å². The van der Waals surface area contributed by atoms with E-state index in [0.717, 1.165) is 30.8 Å². The second kappa shape index (κ2) is 12.3. The van der Waals surface area contributed by atoms with Crippen LogP contribution in [-0.2, 0) is 6.42 Å². The van der Waals surface area contributed by atoms with Crippen LogP contribution in [0.1, 0.15) is 52.7 Å². The molecule has 0 bridgehead atoms. The topological polar surface area (TPSA) is 26.3 Å². The van der Waals surface area contributed by atoms with Gasteiger partial charge in [0.1, 0.15) is 5.75 Å². The Labute approximate surface area is 185 Å². The lowest BCUT2D eigenvalue weighted by Crippen LogP contribution is -1.97. The average Bonchev–Trinajstić information content (AvgIpc) is 2.83. The third-order valence-corrected chi connectivity index (χ3v) is 5.21. The van der Waals surface area contributed by atoms with E-state index < -0.39 is 0 Å². The van der Waals surface area contributed by atoms with E-state index in [1.54, 1.807) is 6.08 Å². The zero-order valence-corrected chi connectivity index (χ0v) is 18.0. The monoisotopic (exact) mass is 410 g/mol. The molecule has 0 radical (unpaired) electrons. The van der Waals surface area contributed by atoms with Crippen LogP contribution in [0.4, 0.5) is 0 Å². The molecule has 31 heavy (non-hydrogen) atoms. The highest BCUT2D eigenvalue weighted by molar-refractivity contribution is 6.06. The quantitative estimate of drug-likeness (QED) is 0.176. The lowest BCUT2D eigenvalue weighted by atomic mass is 10.0. The maximum absolute atomic E-state index is 12.1. The number of ketones is 1. The number of carbonyl (C=O) groups is 1. The van der Waals surface area contributed by atoms with Crippen LogP contribution in [0.3, 0.4) is 0 Å². The molecule has 0 N–H and O–H groups in total. The molecule has 3 rings (SSSR count). The number of carbonyl (C=O) groups excluding carboxylic acids is 1. The summed E-state index contributed by atoms with van der Waals surface area (Å²) in [6.45, 7) is 4.52. The van der Waals surface area contributed by atoms with E-state index in [2.05, 4.69) is 30.8 Å². The molecule has 0 amide bonds. The Balaban J connectivity index is 1.30. The van der Waals surface area contributed by atoms with Crippen molar-refractivity contribution in [3.05, 3.63) is 114 Å². The number of rotatable bonds is 12. The molecule has 0 aromatic heterocycles. The molecule has 0 heterocycles. The van der Waals surface area contributed by atoms with E-state index in [-0.39, 0.29) is 5.78 Å². The first-order valence-corrected chi connectivity index (χ1v) is 11.0. The van der Waals surface area contributed by atoms with Gasteiger partial charge in [-0.2, -0.15) is 0 Å². The molecule has 2 heteroatoms. The molecule has 0 fully saturated rings. The third kappa shape index (κ3) is 7.75. The fourth-order valence-corrected chi connectivity index (χ4v) is 3.34. The Morgan fingerprint density at radius 2 is 1.45 bits per heavy atom. The number of hydrogen-bond acceptors (Lipinski definition) is 2. The number of allylic oxidation sites excluding steroid dienone is 1. The van der Waals surface area contributed by atoms with E-state index in [0.29, 0.717) is 5.56 Å². The number of ether oxygens (including phenoxy) is 1. The second-order valence-electron chi connectivity index (χ2n) is 7.59.